The first-order chi connectivity index (χ1) is 12.7. The summed E-state index contributed by atoms with van der Waals surface area (Å²) in [5.74, 6) is -2.07. The second kappa shape index (κ2) is 6.49. The highest BCUT2D eigenvalue weighted by molar-refractivity contribution is 6.42. The van der Waals surface area contributed by atoms with Gasteiger partial charge in [0.25, 0.3) is 11.6 Å². The second-order valence-corrected chi connectivity index (χ2v) is 5.98. The molecule has 0 spiro atoms. The molecule has 1 heterocycles. The van der Waals surface area contributed by atoms with E-state index in [4.69, 9.17) is 0 Å². The Morgan fingerprint density at radius 2 is 1.78 bits per heavy atom. The molecule has 0 bridgehead atoms. The summed E-state index contributed by atoms with van der Waals surface area (Å²) >= 11 is 0. The Balaban J connectivity index is 2.28. The van der Waals surface area contributed by atoms with Crippen molar-refractivity contribution in [3.63, 3.8) is 0 Å². The van der Waals surface area contributed by atoms with Gasteiger partial charge in [-0.25, -0.2) is 4.90 Å². The number of rotatable bonds is 3. The smallest absolute Gasteiger partial charge is 0.270 e. The molecule has 0 saturated carbocycles. The lowest BCUT2D eigenvalue weighted by molar-refractivity contribution is -0.384. The van der Waals surface area contributed by atoms with Crippen LogP contribution in [0.25, 0.3) is 11.3 Å². The van der Waals surface area contributed by atoms with Crippen LogP contribution in [0.1, 0.15) is 35.3 Å². The Morgan fingerprint density at radius 1 is 1.07 bits per heavy atom. The molecule has 2 amide bonds. The first-order valence-electron chi connectivity index (χ1n) is 7.90. The molecule has 2 aromatic rings. The lowest BCUT2D eigenvalue weighted by Gasteiger charge is -2.12. The van der Waals surface area contributed by atoms with Crippen molar-refractivity contribution in [3.8, 4) is 0 Å². The van der Waals surface area contributed by atoms with Crippen LogP contribution in [0.4, 0.5) is 11.4 Å². The van der Waals surface area contributed by atoms with Crippen molar-refractivity contribution in [2.75, 3.05) is 4.90 Å². The molecule has 8 nitrogen and oxygen atoms in total. The van der Waals surface area contributed by atoms with Crippen molar-refractivity contribution < 1.29 is 24.4 Å². The molecule has 0 aromatic heterocycles. The SMILES string of the molecule is CC(=O)c1ccc2c(c1)C(=C(O)c1cccc([N+](=O)[O-])c1)C(=O)N2C(C)=O. The summed E-state index contributed by atoms with van der Waals surface area (Å²) < 4.78 is 0. The molecule has 2 aromatic carbocycles. The number of amides is 2. The molecule has 0 aliphatic carbocycles. The minimum absolute atomic E-state index is 0.0529. The predicted molar refractivity (Wildman–Crippen MR) is 97.2 cm³/mol. The van der Waals surface area contributed by atoms with E-state index in [0.717, 1.165) is 11.0 Å². The summed E-state index contributed by atoms with van der Waals surface area (Å²) in [6, 6.07) is 9.52. The molecule has 8 heteroatoms. The average Bonchev–Trinajstić information content (AvgIpc) is 2.92. The van der Waals surface area contributed by atoms with E-state index in [1.165, 1.54) is 50.2 Å². The molecule has 0 atom stereocenters. The third-order valence-electron chi connectivity index (χ3n) is 4.21. The van der Waals surface area contributed by atoms with E-state index >= 15 is 0 Å². The van der Waals surface area contributed by atoms with Crippen LogP contribution in [-0.2, 0) is 9.59 Å². The maximum absolute atomic E-state index is 12.8. The van der Waals surface area contributed by atoms with Crippen LogP contribution in [0, 0.1) is 10.1 Å². The summed E-state index contributed by atoms with van der Waals surface area (Å²) in [5.41, 5.74) is 0.361. The topological polar surface area (TPSA) is 118 Å². The summed E-state index contributed by atoms with van der Waals surface area (Å²) in [4.78, 5) is 47.6. The van der Waals surface area contributed by atoms with Gasteiger partial charge < -0.3 is 5.11 Å². The molecule has 136 valence electrons. The lowest BCUT2D eigenvalue weighted by Crippen LogP contribution is -2.31. The van der Waals surface area contributed by atoms with Crippen LogP contribution in [-0.4, -0.2) is 27.6 Å². The average molecular weight is 366 g/mol. The van der Waals surface area contributed by atoms with Crippen molar-refractivity contribution in [3.05, 3.63) is 69.3 Å². The summed E-state index contributed by atoms with van der Waals surface area (Å²) in [6.45, 7) is 2.55. The van der Waals surface area contributed by atoms with Gasteiger partial charge in [-0.1, -0.05) is 12.1 Å². The Bertz CT molecular complexity index is 1050. The quantitative estimate of drug-likeness (QED) is 0.293. The van der Waals surface area contributed by atoms with Gasteiger partial charge in [0.15, 0.2) is 5.78 Å². The normalized spacial score (nSPS) is 14.7. The van der Waals surface area contributed by atoms with Crippen molar-refractivity contribution in [1.82, 2.24) is 0 Å². The van der Waals surface area contributed by atoms with Crippen LogP contribution in [0.3, 0.4) is 0 Å². The van der Waals surface area contributed by atoms with Crippen molar-refractivity contribution >= 4 is 40.3 Å². The summed E-state index contributed by atoms with van der Waals surface area (Å²) in [7, 11) is 0. The first kappa shape index (κ1) is 18.0. The highest BCUT2D eigenvalue weighted by Crippen LogP contribution is 2.41. The summed E-state index contributed by atoms with van der Waals surface area (Å²) in [5, 5.41) is 21.7. The number of nitro groups is 1. The fourth-order valence-corrected chi connectivity index (χ4v) is 2.94. The number of imide groups is 1. The number of nitrogens with zero attached hydrogens (tertiary/aromatic N) is 2. The Labute approximate surface area is 153 Å². The van der Waals surface area contributed by atoms with Crippen LogP contribution < -0.4 is 4.90 Å². The first-order valence-corrected chi connectivity index (χ1v) is 7.90. The molecule has 0 saturated heterocycles. The number of carbonyl (C=O) groups is 3. The number of Topliss-reactive ketones (excluding diaryl/α,β-unsaturated/α-hetero) is 1. The number of hydrogen-bond acceptors (Lipinski definition) is 6. The van der Waals surface area contributed by atoms with E-state index < -0.39 is 22.5 Å². The molecular weight excluding hydrogens is 352 g/mol. The monoisotopic (exact) mass is 366 g/mol. The Kier molecular flexibility index (Phi) is 4.32. The van der Waals surface area contributed by atoms with Gasteiger partial charge in [-0.15, -0.1) is 0 Å². The fourth-order valence-electron chi connectivity index (χ4n) is 2.94. The van der Waals surface area contributed by atoms with Gasteiger partial charge >= 0.3 is 0 Å². The van der Waals surface area contributed by atoms with Gasteiger partial charge in [-0.3, -0.25) is 24.5 Å². The van der Waals surface area contributed by atoms with Gasteiger partial charge in [0, 0.05) is 35.7 Å². The third-order valence-corrected chi connectivity index (χ3v) is 4.21. The van der Waals surface area contributed by atoms with E-state index in [1.54, 1.807) is 0 Å². The largest absolute Gasteiger partial charge is 0.506 e. The van der Waals surface area contributed by atoms with Crippen molar-refractivity contribution in [2.24, 2.45) is 0 Å². The molecule has 0 radical (unpaired) electrons. The highest BCUT2D eigenvalue weighted by atomic mass is 16.6. The number of aliphatic hydroxyl groups is 1. The third kappa shape index (κ3) is 2.97. The maximum Gasteiger partial charge on any atom is 0.270 e. The number of nitro benzene ring substituents is 1. The van der Waals surface area contributed by atoms with Crippen LogP contribution in [0.2, 0.25) is 0 Å². The number of benzene rings is 2. The number of fused-ring (bicyclic) bond motifs is 1. The number of non-ortho nitro benzene ring substituents is 1. The number of carbonyl (C=O) groups excluding carboxylic acids is 3. The van der Waals surface area contributed by atoms with Gasteiger partial charge in [0.1, 0.15) is 5.76 Å². The maximum atomic E-state index is 12.8. The molecule has 1 N–H and O–H groups in total. The zero-order chi connectivity index (χ0) is 19.9. The van der Waals surface area contributed by atoms with E-state index in [1.807, 2.05) is 0 Å². The molecule has 0 fully saturated rings. The van der Waals surface area contributed by atoms with Crippen LogP contribution in [0.5, 0.6) is 0 Å². The van der Waals surface area contributed by atoms with Gasteiger partial charge in [-0.2, -0.15) is 0 Å². The highest BCUT2D eigenvalue weighted by Gasteiger charge is 2.38. The fraction of sp³-hybridized carbons (Fsp3) is 0.105. The van der Waals surface area contributed by atoms with E-state index in [-0.39, 0.29) is 33.9 Å². The number of ketones is 1. The van der Waals surface area contributed by atoms with E-state index in [2.05, 4.69) is 0 Å². The molecule has 27 heavy (non-hydrogen) atoms. The predicted octanol–water partition coefficient (Wildman–Crippen LogP) is 3.12. The zero-order valence-corrected chi connectivity index (χ0v) is 14.4. The Hall–Kier alpha value is -3.81. The summed E-state index contributed by atoms with van der Waals surface area (Å²) in [6.07, 6.45) is 0. The van der Waals surface area contributed by atoms with Gasteiger partial charge in [0.2, 0.25) is 5.91 Å². The zero-order valence-electron chi connectivity index (χ0n) is 14.4. The van der Waals surface area contributed by atoms with E-state index in [9.17, 15) is 29.6 Å². The molecule has 1 aliphatic heterocycles. The second-order valence-electron chi connectivity index (χ2n) is 5.98. The number of aliphatic hydroxyl groups excluding tert-OH is 1. The van der Waals surface area contributed by atoms with Gasteiger partial charge in [-0.05, 0) is 25.1 Å². The Morgan fingerprint density at radius 3 is 2.37 bits per heavy atom. The lowest BCUT2D eigenvalue weighted by atomic mass is 9.99. The van der Waals surface area contributed by atoms with Crippen molar-refractivity contribution in [2.45, 2.75) is 13.8 Å². The van der Waals surface area contributed by atoms with Crippen molar-refractivity contribution in [1.29, 1.82) is 0 Å². The molecule has 0 unspecified atom stereocenters. The van der Waals surface area contributed by atoms with Crippen LogP contribution >= 0.6 is 0 Å². The molecular formula is C19H14N2O6. The number of hydrogen-bond donors (Lipinski definition) is 1. The minimum atomic E-state index is -0.762. The molecule has 3 rings (SSSR count). The van der Waals surface area contributed by atoms with Crippen LogP contribution in [0.15, 0.2) is 42.5 Å². The molecule has 1 aliphatic rings. The minimum Gasteiger partial charge on any atom is -0.506 e. The van der Waals surface area contributed by atoms with Gasteiger partial charge in [0.05, 0.1) is 16.2 Å². The van der Waals surface area contributed by atoms with E-state index in [0.29, 0.717) is 5.56 Å². The standard InChI is InChI=1S/C19H14N2O6/c1-10(22)12-6-7-16-15(9-12)17(19(25)20(16)11(2)23)18(24)13-4-3-5-14(8-13)21(26)27/h3-9,24H,1-2H3. The number of anilines is 1.